The lowest BCUT2D eigenvalue weighted by Crippen LogP contribution is -2.35. The number of carbonyl (C=O) groups excluding carboxylic acids is 2. The van der Waals surface area contributed by atoms with E-state index < -0.39 is 18.0 Å². The molecule has 0 saturated heterocycles. The zero-order valence-electron chi connectivity index (χ0n) is 19.6. The molecule has 0 amide bonds. The standard InChI is InChI=1S/C27H41NO4/c1-2-3-4-5-6-7-8-9-10-11-12-13-14-15-16-17-26(30)32-27(31)25(28)22-23-18-20-24(29)21-19-23/h6-7,9-10,18-21,25,29H,2-5,8,11-17,22,28H2,1H3/b7-6-,10-9-/t25-/m0/s1. The van der Waals surface area contributed by atoms with Crippen LogP contribution in [0.2, 0.25) is 0 Å². The van der Waals surface area contributed by atoms with Crippen molar-refractivity contribution >= 4 is 11.9 Å². The number of hydrogen-bond donors (Lipinski definition) is 2. The number of phenols is 1. The highest BCUT2D eigenvalue weighted by atomic mass is 16.6. The lowest BCUT2D eigenvalue weighted by molar-refractivity contribution is -0.160. The summed E-state index contributed by atoms with van der Waals surface area (Å²) in [5.74, 6) is -1.06. The Balaban J connectivity index is 2.00. The third-order valence-corrected chi connectivity index (χ3v) is 5.24. The number of unbranched alkanes of at least 4 members (excludes halogenated alkanes) is 8. The molecule has 0 aliphatic heterocycles. The molecule has 0 aromatic heterocycles. The van der Waals surface area contributed by atoms with Gasteiger partial charge in [-0.3, -0.25) is 4.79 Å². The zero-order valence-corrected chi connectivity index (χ0v) is 19.6. The number of ether oxygens (including phenoxy) is 1. The highest BCUT2D eigenvalue weighted by Crippen LogP contribution is 2.12. The van der Waals surface area contributed by atoms with Crippen LogP contribution < -0.4 is 5.73 Å². The quantitative estimate of drug-likeness (QED) is 0.130. The maximum absolute atomic E-state index is 12.0. The van der Waals surface area contributed by atoms with Gasteiger partial charge in [-0.1, -0.05) is 75.5 Å². The van der Waals surface area contributed by atoms with Crippen LogP contribution >= 0.6 is 0 Å². The molecule has 5 heteroatoms. The highest BCUT2D eigenvalue weighted by Gasteiger charge is 2.19. The summed E-state index contributed by atoms with van der Waals surface area (Å²) >= 11 is 0. The van der Waals surface area contributed by atoms with Crippen LogP contribution in [0.3, 0.4) is 0 Å². The van der Waals surface area contributed by atoms with Gasteiger partial charge in [0.15, 0.2) is 0 Å². The summed E-state index contributed by atoms with van der Waals surface area (Å²) in [4.78, 5) is 23.8. The van der Waals surface area contributed by atoms with E-state index in [2.05, 4.69) is 31.2 Å². The Morgan fingerprint density at radius 1 is 0.906 bits per heavy atom. The maximum Gasteiger partial charge on any atom is 0.330 e. The van der Waals surface area contributed by atoms with E-state index in [9.17, 15) is 14.7 Å². The van der Waals surface area contributed by atoms with Gasteiger partial charge in [-0.25, -0.2) is 4.79 Å². The van der Waals surface area contributed by atoms with Gasteiger partial charge in [0.2, 0.25) is 0 Å². The molecule has 1 rings (SSSR count). The minimum Gasteiger partial charge on any atom is -0.508 e. The van der Waals surface area contributed by atoms with Crippen molar-refractivity contribution in [3.05, 3.63) is 54.1 Å². The predicted molar refractivity (Wildman–Crippen MR) is 130 cm³/mol. The molecular formula is C27H41NO4. The van der Waals surface area contributed by atoms with Crippen LogP contribution in [0.25, 0.3) is 0 Å². The van der Waals surface area contributed by atoms with Crippen molar-refractivity contribution in [2.24, 2.45) is 5.73 Å². The summed E-state index contributed by atoms with van der Waals surface area (Å²) in [6.07, 6.45) is 21.7. The average molecular weight is 444 g/mol. The van der Waals surface area contributed by atoms with Gasteiger partial charge in [-0.05, 0) is 62.6 Å². The summed E-state index contributed by atoms with van der Waals surface area (Å²) < 4.78 is 4.86. The molecule has 0 aliphatic rings. The molecule has 5 nitrogen and oxygen atoms in total. The van der Waals surface area contributed by atoms with E-state index in [-0.39, 0.29) is 18.6 Å². The predicted octanol–water partition coefficient (Wildman–Crippen LogP) is 6.15. The third kappa shape index (κ3) is 14.6. The topological polar surface area (TPSA) is 89.6 Å². The summed E-state index contributed by atoms with van der Waals surface area (Å²) in [5.41, 5.74) is 6.62. The molecule has 3 N–H and O–H groups in total. The van der Waals surface area contributed by atoms with Gasteiger partial charge >= 0.3 is 11.9 Å². The van der Waals surface area contributed by atoms with Crippen molar-refractivity contribution in [3.8, 4) is 5.75 Å². The number of benzene rings is 1. The largest absolute Gasteiger partial charge is 0.508 e. The first kappa shape index (κ1) is 27.6. The third-order valence-electron chi connectivity index (χ3n) is 5.24. The lowest BCUT2D eigenvalue weighted by Gasteiger charge is -2.10. The lowest BCUT2D eigenvalue weighted by atomic mass is 10.1. The second-order valence-corrected chi connectivity index (χ2v) is 8.25. The summed E-state index contributed by atoms with van der Waals surface area (Å²) in [7, 11) is 0. The van der Waals surface area contributed by atoms with E-state index in [1.807, 2.05) is 0 Å². The van der Waals surface area contributed by atoms with E-state index in [4.69, 9.17) is 10.5 Å². The molecule has 1 aromatic carbocycles. The first-order chi connectivity index (χ1) is 15.5. The minimum atomic E-state index is -0.895. The molecule has 0 unspecified atom stereocenters. The van der Waals surface area contributed by atoms with Crippen molar-refractivity contribution in [1.29, 1.82) is 0 Å². The van der Waals surface area contributed by atoms with Crippen LogP contribution in [0, 0.1) is 0 Å². The number of nitrogens with two attached hydrogens (primary N) is 1. The molecule has 0 aliphatic carbocycles. The normalized spacial score (nSPS) is 12.4. The molecule has 0 radical (unpaired) electrons. The second-order valence-electron chi connectivity index (χ2n) is 8.25. The van der Waals surface area contributed by atoms with Crippen LogP contribution in [-0.2, 0) is 20.7 Å². The van der Waals surface area contributed by atoms with Gasteiger partial charge in [-0.15, -0.1) is 0 Å². The number of aromatic hydroxyl groups is 1. The van der Waals surface area contributed by atoms with Gasteiger partial charge in [0.1, 0.15) is 11.8 Å². The molecule has 0 heterocycles. The highest BCUT2D eigenvalue weighted by molar-refractivity contribution is 5.88. The number of esters is 2. The number of carbonyl (C=O) groups is 2. The van der Waals surface area contributed by atoms with Crippen LogP contribution in [0.5, 0.6) is 5.75 Å². The summed E-state index contributed by atoms with van der Waals surface area (Å²) in [5, 5.41) is 9.28. The number of allylic oxidation sites excluding steroid dienone is 4. The Kier molecular flexibility index (Phi) is 15.7. The Morgan fingerprint density at radius 3 is 2.16 bits per heavy atom. The fourth-order valence-corrected chi connectivity index (χ4v) is 3.29. The number of hydrogen-bond acceptors (Lipinski definition) is 5. The van der Waals surface area contributed by atoms with Crippen LogP contribution in [0.15, 0.2) is 48.6 Å². The van der Waals surface area contributed by atoms with Gasteiger partial charge in [0.25, 0.3) is 0 Å². The van der Waals surface area contributed by atoms with Crippen LogP contribution in [0.1, 0.15) is 89.5 Å². The Hall–Kier alpha value is -2.40. The fraction of sp³-hybridized carbons (Fsp3) is 0.556. The van der Waals surface area contributed by atoms with Crippen molar-refractivity contribution in [1.82, 2.24) is 0 Å². The monoisotopic (exact) mass is 443 g/mol. The van der Waals surface area contributed by atoms with Gasteiger partial charge < -0.3 is 15.6 Å². The minimum absolute atomic E-state index is 0.150. The number of phenolic OH excluding ortho intramolecular Hbond substituents is 1. The first-order valence-electron chi connectivity index (χ1n) is 12.1. The zero-order chi connectivity index (χ0) is 23.4. The summed E-state index contributed by atoms with van der Waals surface area (Å²) in [6.45, 7) is 2.23. The molecule has 0 bridgehead atoms. The van der Waals surface area contributed by atoms with Gasteiger partial charge in [0.05, 0.1) is 0 Å². The first-order valence-corrected chi connectivity index (χ1v) is 12.1. The Bertz CT molecular complexity index is 694. The number of rotatable bonds is 17. The van der Waals surface area contributed by atoms with Gasteiger partial charge in [-0.2, -0.15) is 0 Å². The SMILES string of the molecule is CCCCC/C=C\C/C=C\CCCCCCCC(=O)OC(=O)[C@@H](N)Cc1ccc(O)cc1. The van der Waals surface area contributed by atoms with Crippen molar-refractivity contribution in [2.75, 3.05) is 0 Å². The summed E-state index contributed by atoms with van der Waals surface area (Å²) in [6, 6.07) is 5.54. The van der Waals surface area contributed by atoms with Crippen LogP contribution in [0.4, 0.5) is 0 Å². The second kappa shape index (κ2) is 18.2. The molecular weight excluding hydrogens is 402 g/mol. The molecule has 1 atom stereocenters. The Morgan fingerprint density at radius 2 is 1.50 bits per heavy atom. The van der Waals surface area contributed by atoms with E-state index >= 15 is 0 Å². The molecule has 0 saturated carbocycles. The molecule has 1 aromatic rings. The van der Waals surface area contributed by atoms with E-state index in [1.54, 1.807) is 12.1 Å². The molecule has 32 heavy (non-hydrogen) atoms. The van der Waals surface area contributed by atoms with Crippen molar-refractivity contribution in [2.45, 2.75) is 96.4 Å². The maximum atomic E-state index is 12.0. The van der Waals surface area contributed by atoms with Crippen molar-refractivity contribution < 1.29 is 19.4 Å². The van der Waals surface area contributed by atoms with E-state index in [1.165, 1.54) is 37.8 Å². The smallest absolute Gasteiger partial charge is 0.330 e. The average Bonchev–Trinajstić information content (AvgIpc) is 2.77. The van der Waals surface area contributed by atoms with E-state index in [0.29, 0.717) is 0 Å². The molecule has 0 fully saturated rings. The van der Waals surface area contributed by atoms with Gasteiger partial charge in [0, 0.05) is 6.42 Å². The molecule has 0 spiro atoms. The fourth-order valence-electron chi connectivity index (χ4n) is 3.29. The van der Waals surface area contributed by atoms with E-state index in [0.717, 1.165) is 50.5 Å². The van der Waals surface area contributed by atoms with Crippen LogP contribution in [-0.4, -0.2) is 23.1 Å². The van der Waals surface area contributed by atoms with Crippen molar-refractivity contribution in [3.63, 3.8) is 0 Å². The molecule has 178 valence electrons. The Labute approximate surface area is 193 Å².